The van der Waals surface area contributed by atoms with Gasteiger partial charge >= 0.3 is 0 Å². The topological polar surface area (TPSA) is 85.1 Å². The summed E-state index contributed by atoms with van der Waals surface area (Å²) in [5, 5.41) is 7.80. The summed E-state index contributed by atoms with van der Waals surface area (Å²) in [6, 6.07) is 5.69. The zero-order valence-electron chi connectivity index (χ0n) is 18.0. The fourth-order valence-electron chi connectivity index (χ4n) is 3.99. The van der Waals surface area contributed by atoms with E-state index in [2.05, 4.69) is 38.4 Å². The van der Waals surface area contributed by atoms with Gasteiger partial charge in [-0.1, -0.05) is 13.3 Å². The van der Waals surface area contributed by atoms with Crippen molar-refractivity contribution < 1.29 is 13.6 Å². The molecule has 1 atom stereocenters. The molecule has 32 heavy (non-hydrogen) atoms. The summed E-state index contributed by atoms with van der Waals surface area (Å²) in [5.41, 5.74) is 5.30. The molecule has 0 bridgehead atoms. The number of amides is 1. The molecule has 5 rings (SSSR count). The van der Waals surface area contributed by atoms with Gasteiger partial charge in [0.05, 0.1) is 5.52 Å². The molecule has 4 aromatic heterocycles. The third-order valence-electron chi connectivity index (χ3n) is 5.75. The summed E-state index contributed by atoms with van der Waals surface area (Å²) in [5.74, 6) is -4.15. The number of nitrogens with one attached hydrogen (secondary N) is 1. The van der Waals surface area contributed by atoms with Crippen LogP contribution in [0.4, 0.5) is 14.6 Å². The highest BCUT2D eigenvalue weighted by molar-refractivity contribution is 5.97. The minimum Gasteiger partial charge on any atom is -0.310 e. The Morgan fingerprint density at radius 3 is 2.66 bits per heavy atom. The number of alkyl halides is 2. The van der Waals surface area contributed by atoms with E-state index in [1.165, 1.54) is 0 Å². The first-order chi connectivity index (χ1) is 15.3. The van der Waals surface area contributed by atoms with Crippen LogP contribution in [-0.2, 0) is 11.2 Å². The van der Waals surface area contributed by atoms with Crippen LogP contribution < -0.4 is 5.32 Å². The number of halogens is 2. The van der Waals surface area contributed by atoms with Crippen LogP contribution >= 0.6 is 0 Å². The molecule has 7 nitrogen and oxygen atoms in total. The average molecular weight is 436 g/mol. The Kier molecular flexibility index (Phi) is 4.65. The molecular weight excluding hydrogens is 414 g/mol. The Bertz CT molecular complexity index is 1380. The van der Waals surface area contributed by atoms with E-state index in [0.717, 1.165) is 40.6 Å². The highest BCUT2D eigenvalue weighted by Crippen LogP contribution is 2.49. The fourth-order valence-corrected chi connectivity index (χ4v) is 3.99. The van der Waals surface area contributed by atoms with Crippen molar-refractivity contribution in [2.45, 2.75) is 46.0 Å². The molecule has 1 fully saturated rings. The number of rotatable bonds is 5. The predicted molar refractivity (Wildman–Crippen MR) is 117 cm³/mol. The van der Waals surface area contributed by atoms with Crippen molar-refractivity contribution in [3.05, 3.63) is 47.7 Å². The summed E-state index contributed by atoms with van der Waals surface area (Å²) in [6.07, 6.45) is 4.99. The average Bonchev–Trinajstić information content (AvgIpc) is 3.20. The van der Waals surface area contributed by atoms with Gasteiger partial charge in [0.1, 0.15) is 17.6 Å². The highest BCUT2D eigenvalue weighted by Gasteiger charge is 2.61. The Morgan fingerprint density at radius 2 is 1.97 bits per heavy atom. The molecule has 1 N–H and O–H groups in total. The maximum atomic E-state index is 13.2. The van der Waals surface area contributed by atoms with Crippen LogP contribution in [0.3, 0.4) is 0 Å². The lowest BCUT2D eigenvalue weighted by atomic mass is 10.0. The van der Waals surface area contributed by atoms with Crippen molar-refractivity contribution in [3.8, 4) is 11.1 Å². The minimum atomic E-state index is -2.93. The number of aryl methyl sites for hydroxylation is 3. The second-order valence-corrected chi connectivity index (χ2v) is 8.33. The number of carbonyl (C=O) groups excluding carboxylic acids is 1. The second-order valence-electron chi connectivity index (χ2n) is 8.33. The number of hydrogen-bond acceptors (Lipinski definition) is 5. The first-order valence-electron chi connectivity index (χ1n) is 10.6. The zero-order chi connectivity index (χ0) is 22.6. The molecule has 1 unspecified atom stereocenters. The monoisotopic (exact) mass is 436 g/mol. The minimum absolute atomic E-state index is 0.203. The Balaban J connectivity index is 1.60. The van der Waals surface area contributed by atoms with Crippen LogP contribution in [0, 0.1) is 19.8 Å². The van der Waals surface area contributed by atoms with Crippen molar-refractivity contribution in [2.24, 2.45) is 5.92 Å². The number of nitrogens with zero attached hydrogens (tertiary/aromatic N) is 5. The van der Waals surface area contributed by atoms with E-state index in [1.807, 2.05) is 19.2 Å². The summed E-state index contributed by atoms with van der Waals surface area (Å²) < 4.78 is 28.1. The fraction of sp³-hybridized carbons (Fsp3) is 0.348. The zero-order valence-corrected chi connectivity index (χ0v) is 18.0. The van der Waals surface area contributed by atoms with Gasteiger partial charge < -0.3 is 5.32 Å². The van der Waals surface area contributed by atoms with Crippen molar-refractivity contribution in [3.63, 3.8) is 0 Å². The van der Waals surface area contributed by atoms with E-state index in [9.17, 15) is 13.6 Å². The summed E-state index contributed by atoms with van der Waals surface area (Å²) in [7, 11) is 0. The van der Waals surface area contributed by atoms with E-state index in [4.69, 9.17) is 0 Å². The third-order valence-corrected chi connectivity index (χ3v) is 5.75. The molecule has 1 saturated carbocycles. The van der Waals surface area contributed by atoms with E-state index in [-0.39, 0.29) is 5.82 Å². The van der Waals surface area contributed by atoms with Gasteiger partial charge in [0.2, 0.25) is 5.91 Å². The summed E-state index contributed by atoms with van der Waals surface area (Å²) >= 11 is 0. The molecule has 0 radical (unpaired) electrons. The Labute approximate surface area is 182 Å². The van der Waals surface area contributed by atoms with Crippen molar-refractivity contribution >= 4 is 28.3 Å². The van der Waals surface area contributed by atoms with Gasteiger partial charge in [-0.2, -0.15) is 5.10 Å². The molecular formula is C23H22F2N6O. The van der Waals surface area contributed by atoms with Gasteiger partial charge in [0, 0.05) is 47.1 Å². The van der Waals surface area contributed by atoms with Gasteiger partial charge in [-0.05, 0) is 38.0 Å². The lowest BCUT2D eigenvalue weighted by Crippen LogP contribution is -2.18. The molecule has 4 aromatic rings. The molecule has 0 aromatic carbocycles. The van der Waals surface area contributed by atoms with Gasteiger partial charge in [-0.15, -0.1) is 0 Å². The largest absolute Gasteiger partial charge is 0.310 e. The predicted octanol–water partition coefficient (Wildman–Crippen LogP) is 4.50. The van der Waals surface area contributed by atoms with Crippen molar-refractivity contribution in [1.82, 2.24) is 24.6 Å². The maximum absolute atomic E-state index is 13.2. The first-order valence-corrected chi connectivity index (χ1v) is 10.6. The second kappa shape index (κ2) is 7.29. The van der Waals surface area contributed by atoms with Gasteiger partial charge in [0.25, 0.3) is 5.92 Å². The van der Waals surface area contributed by atoms with E-state index < -0.39 is 24.2 Å². The van der Waals surface area contributed by atoms with Crippen LogP contribution in [0.1, 0.15) is 36.8 Å². The van der Waals surface area contributed by atoms with Gasteiger partial charge in [0.15, 0.2) is 5.65 Å². The lowest BCUT2D eigenvalue weighted by Gasteiger charge is -2.12. The van der Waals surface area contributed by atoms with E-state index >= 15 is 0 Å². The van der Waals surface area contributed by atoms with Crippen LogP contribution in [0.25, 0.3) is 27.7 Å². The quantitative estimate of drug-likeness (QED) is 0.498. The van der Waals surface area contributed by atoms with Gasteiger partial charge in [-0.3, -0.25) is 9.78 Å². The van der Waals surface area contributed by atoms with E-state index in [1.54, 1.807) is 23.7 Å². The van der Waals surface area contributed by atoms with Crippen LogP contribution in [0.2, 0.25) is 0 Å². The number of aromatic nitrogens is 5. The molecule has 1 aliphatic carbocycles. The summed E-state index contributed by atoms with van der Waals surface area (Å²) in [6.45, 7) is 5.97. The van der Waals surface area contributed by atoms with Crippen molar-refractivity contribution in [1.29, 1.82) is 0 Å². The number of fused-ring (bicyclic) bond motifs is 3. The van der Waals surface area contributed by atoms with Crippen molar-refractivity contribution in [2.75, 3.05) is 5.32 Å². The molecule has 4 heterocycles. The molecule has 0 aliphatic heterocycles. The highest BCUT2D eigenvalue weighted by atomic mass is 19.3. The molecule has 1 amide bonds. The van der Waals surface area contributed by atoms with Crippen LogP contribution in [0.5, 0.6) is 0 Å². The Hall–Kier alpha value is -3.49. The lowest BCUT2D eigenvalue weighted by molar-refractivity contribution is -0.119. The normalized spacial score (nSPS) is 17.1. The Morgan fingerprint density at radius 1 is 1.19 bits per heavy atom. The number of carbonyl (C=O) groups is 1. The number of hydrogen-bond donors (Lipinski definition) is 1. The van der Waals surface area contributed by atoms with Crippen LogP contribution in [-0.4, -0.2) is 36.4 Å². The smallest absolute Gasteiger partial charge is 0.260 e. The molecule has 9 heteroatoms. The molecule has 0 spiro atoms. The molecule has 1 aliphatic rings. The first kappa shape index (κ1) is 20.4. The van der Waals surface area contributed by atoms with Crippen LogP contribution in [0.15, 0.2) is 30.6 Å². The molecule has 164 valence electrons. The summed E-state index contributed by atoms with van der Waals surface area (Å²) in [4.78, 5) is 25.5. The number of pyridine rings is 3. The number of anilines is 1. The maximum Gasteiger partial charge on any atom is 0.260 e. The standard InChI is InChI=1S/C23H22F2N6O/c1-4-5-15-6-12(2)17(11-26-15)16-7-14-10-27-20(29-22(32)18-9-23(18,24)25)8-19(14)31-21(16)28-13(3)30-31/h6-8,10-11,18H,4-5,9H2,1-3H3,(H,27,29,32). The third kappa shape index (κ3) is 3.47. The van der Waals surface area contributed by atoms with Gasteiger partial charge in [-0.25, -0.2) is 23.3 Å². The molecule has 0 saturated heterocycles. The SMILES string of the molecule is CCCc1cc(C)c(-c2cc3cnc(NC(=O)C4CC4(F)F)cc3n3nc(C)nc23)cn1. The van der Waals surface area contributed by atoms with E-state index in [0.29, 0.717) is 17.0 Å².